The highest BCUT2D eigenvalue weighted by molar-refractivity contribution is 5.79. The zero-order valence-electron chi connectivity index (χ0n) is 18.2. The van der Waals surface area contributed by atoms with Gasteiger partial charge in [0.05, 0.1) is 0 Å². The quantitative estimate of drug-likeness (QED) is 0.717. The van der Waals surface area contributed by atoms with Crippen LogP contribution in [0.25, 0.3) is 0 Å². The zero-order valence-corrected chi connectivity index (χ0v) is 18.2. The number of hydrogen-bond acceptors (Lipinski definition) is 4. The zero-order chi connectivity index (χ0) is 20.1. The maximum Gasteiger partial charge on any atom is 0.225 e. The summed E-state index contributed by atoms with van der Waals surface area (Å²) in [6.45, 7) is 15.2. The summed E-state index contributed by atoms with van der Waals surface area (Å²) in [6, 6.07) is 0.590. The number of likely N-dealkylation sites (N-methyl/N-ethyl adjacent to an activating group) is 1. The molecule has 3 fully saturated rings. The molecule has 0 atom stereocenters. The monoisotopic (exact) mass is 392 g/mol. The Morgan fingerprint density at radius 1 is 0.821 bits per heavy atom. The lowest BCUT2D eigenvalue weighted by molar-refractivity contribution is -0.139. The molecule has 0 aromatic heterocycles. The van der Waals surface area contributed by atoms with Gasteiger partial charge in [-0.1, -0.05) is 20.8 Å². The van der Waals surface area contributed by atoms with Crippen LogP contribution in [0.1, 0.15) is 52.9 Å². The van der Waals surface area contributed by atoms with E-state index in [2.05, 4.69) is 40.4 Å². The molecule has 160 valence electrons. The van der Waals surface area contributed by atoms with Crippen LogP contribution >= 0.6 is 0 Å². The number of nitrogens with zero attached hydrogens (tertiary/aromatic N) is 4. The van der Waals surface area contributed by atoms with Crippen LogP contribution < -0.4 is 0 Å². The van der Waals surface area contributed by atoms with Crippen LogP contribution in [0.2, 0.25) is 0 Å². The molecule has 0 bridgehead atoms. The average Bonchev–Trinajstić information content (AvgIpc) is 2.73. The minimum atomic E-state index is 0.220. The lowest BCUT2D eigenvalue weighted by Gasteiger charge is -2.43. The Balaban J connectivity index is 1.39. The molecule has 0 aromatic carbocycles. The molecular weight excluding hydrogens is 352 g/mol. The first kappa shape index (κ1) is 21.6. The van der Waals surface area contributed by atoms with E-state index in [9.17, 15) is 9.59 Å². The van der Waals surface area contributed by atoms with Crippen LogP contribution in [0, 0.1) is 11.8 Å². The molecular formula is C22H40N4O2. The summed E-state index contributed by atoms with van der Waals surface area (Å²) in [7, 11) is 0. The lowest BCUT2D eigenvalue weighted by atomic mass is 9.92. The van der Waals surface area contributed by atoms with Crippen molar-refractivity contribution in [3.8, 4) is 0 Å². The van der Waals surface area contributed by atoms with E-state index in [1.807, 2.05) is 0 Å². The highest BCUT2D eigenvalue weighted by Crippen LogP contribution is 2.26. The molecule has 0 aliphatic carbocycles. The summed E-state index contributed by atoms with van der Waals surface area (Å²) in [5, 5.41) is 0. The number of carbonyl (C=O) groups excluding carboxylic acids is 2. The molecule has 3 saturated heterocycles. The van der Waals surface area contributed by atoms with Crippen LogP contribution in [0.5, 0.6) is 0 Å². The van der Waals surface area contributed by atoms with Gasteiger partial charge in [-0.3, -0.25) is 9.59 Å². The third kappa shape index (κ3) is 5.47. The van der Waals surface area contributed by atoms with Gasteiger partial charge in [0.2, 0.25) is 11.8 Å². The number of carbonyl (C=O) groups is 2. The molecule has 0 saturated carbocycles. The van der Waals surface area contributed by atoms with Gasteiger partial charge in [0.25, 0.3) is 0 Å². The number of rotatable bonds is 5. The molecule has 0 aromatic rings. The van der Waals surface area contributed by atoms with Gasteiger partial charge in [-0.05, 0) is 51.2 Å². The third-order valence-corrected chi connectivity index (χ3v) is 6.93. The van der Waals surface area contributed by atoms with Gasteiger partial charge >= 0.3 is 0 Å². The lowest BCUT2D eigenvalue weighted by Crippen LogP contribution is -2.53. The van der Waals surface area contributed by atoms with E-state index < -0.39 is 0 Å². The van der Waals surface area contributed by atoms with Crippen molar-refractivity contribution in [3.63, 3.8) is 0 Å². The van der Waals surface area contributed by atoms with Crippen molar-refractivity contribution in [2.75, 3.05) is 58.9 Å². The minimum Gasteiger partial charge on any atom is -0.343 e. The molecule has 3 aliphatic rings. The van der Waals surface area contributed by atoms with Crippen LogP contribution in [-0.2, 0) is 9.59 Å². The van der Waals surface area contributed by atoms with Crippen molar-refractivity contribution in [2.24, 2.45) is 11.8 Å². The molecule has 0 N–H and O–H groups in total. The Labute approximate surface area is 171 Å². The largest absolute Gasteiger partial charge is 0.343 e. The van der Waals surface area contributed by atoms with E-state index in [1.165, 1.54) is 0 Å². The van der Waals surface area contributed by atoms with E-state index in [4.69, 9.17) is 0 Å². The van der Waals surface area contributed by atoms with Crippen LogP contribution in [0.15, 0.2) is 0 Å². The van der Waals surface area contributed by atoms with Crippen LogP contribution in [0.3, 0.4) is 0 Å². The molecule has 3 aliphatic heterocycles. The van der Waals surface area contributed by atoms with Gasteiger partial charge in [0.1, 0.15) is 0 Å². The van der Waals surface area contributed by atoms with E-state index in [0.717, 1.165) is 84.6 Å². The maximum absolute atomic E-state index is 12.9. The van der Waals surface area contributed by atoms with Gasteiger partial charge in [-0.15, -0.1) is 0 Å². The number of piperazine rings is 1. The van der Waals surface area contributed by atoms with Gasteiger partial charge < -0.3 is 19.6 Å². The topological polar surface area (TPSA) is 47.1 Å². The SMILES string of the molecule is CCN1CCN(C(=O)C2CCN(C3CCN(C(=O)CC(C)C)CC3)CC2)CC1. The fourth-order valence-electron chi connectivity index (χ4n) is 5.01. The molecule has 3 rings (SSSR count). The Kier molecular flexibility index (Phi) is 7.75. The van der Waals surface area contributed by atoms with Crippen molar-refractivity contribution >= 4 is 11.8 Å². The Bertz CT molecular complexity index is 515. The second-order valence-corrected chi connectivity index (χ2v) is 9.28. The highest BCUT2D eigenvalue weighted by Gasteiger charge is 2.33. The maximum atomic E-state index is 12.9. The first-order valence-corrected chi connectivity index (χ1v) is 11.5. The molecule has 28 heavy (non-hydrogen) atoms. The number of piperidine rings is 2. The summed E-state index contributed by atoms with van der Waals surface area (Å²) in [5.74, 6) is 1.37. The molecule has 0 radical (unpaired) electrons. The first-order valence-electron chi connectivity index (χ1n) is 11.5. The predicted octanol–water partition coefficient (Wildman–Crippen LogP) is 1.90. The van der Waals surface area contributed by atoms with Crippen molar-refractivity contribution in [3.05, 3.63) is 0 Å². The van der Waals surface area contributed by atoms with E-state index in [-0.39, 0.29) is 5.92 Å². The highest BCUT2D eigenvalue weighted by atomic mass is 16.2. The third-order valence-electron chi connectivity index (χ3n) is 6.93. The van der Waals surface area contributed by atoms with Crippen molar-refractivity contribution in [2.45, 2.75) is 58.9 Å². The predicted molar refractivity (Wildman–Crippen MR) is 112 cm³/mol. The molecule has 6 nitrogen and oxygen atoms in total. The standard InChI is InChI=1S/C22H40N4O2/c1-4-23-13-15-26(16-14-23)22(28)19-5-9-24(10-6-19)20-7-11-25(12-8-20)21(27)17-18(2)3/h18-20H,4-17H2,1-3H3. The minimum absolute atomic E-state index is 0.220. The second-order valence-electron chi connectivity index (χ2n) is 9.28. The molecule has 6 heteroatoms. The van der Waals surface area contributed by atoms with Gasteiger partial charge in [0.15, 0.2) is 0 Å². The summed E-state index contributed by atoms with van der Waals surface area (Å²) in [6.07, 6.45) is 4.84. The van der Waals surface area contributed by atoms with Crippen molar-refractivity contribution in [1.82, 2.24) is 19.6 Å². The van der Waals surface area contributed by atoms with Crippen molar-refractivity contribution < 1.29 is 9.59 Å². The van der Waals surface area contributed by atoms with Crippen LogP contribution in [0.4, 0.5) is 0 Å². The number of amides is 2. The molecule has 3 heterocycles. The number of likely N-dealkylation sites (tertiary alicyclic amines) is 2. The molecule has 0 spiro atoms. The Hall–Kier alpha value is -1.14. The van der Waals surface area contributed by atoms with E-state index in [1.54, 1.807) is 0 Å². The average molecular weight is 393 g/mol. The van der Waals surface area contributed by atoms with Gasteiger partial charge in [-0.25, -0.2) is 0 Å². The number of hydrogen-bond donors (Lipinski definition) is 0. The summed E-state index contributed by atoms with van der Waals surface area (Å²) in [5.41, 5.74) is 0. The fourth-order valence-corrected chi connectivity index (χ4v) is 5.01. The van der Waals surface area contributed by atoms with E-state index in [0.29, 0.717) is 30.2 Å². The normalized spacial score (nSPS) is 24.1. The summed E-state index contributed by atoms with van der Waals surface area (Å²) in [4.78, 5) is 34.3. The van der Waals surface area contributed by atoms with Gasteiger partial charge in [-0.2, -0.15) is 0 Å². The van der Waals surface area contributed by atoms with Crippen LogP contribution in [-0.4, -0.2) is 96.4 Å². The Morgan fingerprint density at radius 3 is 1.96 bits per heavy atom. The molecule has 0 unspecified atom stereocenters. The molecule has 2 amide bonds. The smallest absolute Gasteiger partial charge is 0.225 e. The second kappa shape index (κ2) is 10.1. The van der Waals surface area contributed by atoms with Crippen molar-refractivity contribution in [1.29, 1.82) is 0 Å². The Morgan fingerprint density at radius 2 is 1.43 bits per heavy atom. The first-order chi connectivity index (χ1) is 13.5. The van der Waals surface area contributed by atoms with Gasteiger partial charge in [0, 0.05) is 57.6 Å². The fraction of sp³-hybridized carbons (Fsp3) is 0.909. The summed E-state index contributed by atoms with van der Waals surface area (Å²) >= 11 is 0. The summed E-state index contributed by atoms with van der Waals surface area (Å²) < 4.78 is 0. The van der Waals surface area contributed by atoms with E-state index >= 15 is 0 Å².